The first-order valence-corrected chi connectivity index (χ1v) is 31.6. The van der Waals surface area contributed by atoms with Crippen LogP contribution >= 0.6 is 60.5 Å². The topological polar surface area (TPSA) is 105 Å². The van der Waals surface area contributed by atoms with E-state index in [2.05, 4.69) is 126 Å². The maximum Gasteiger partial charge on any atom is 0.215 e. The van der Waals surface area contributed by atoms with Gasteiger partial charge in [0.05, 0.1) is 110 Å². The van der Waals surface area contributed by atoms with Gasteiger partial charge in [0, 0.05) is 26.7 Å². The zero-order valence-electron chi connectivity index (χ0n) is 23.4. The minimum absolute atomic E-state index is 1.59. The van der Waals surface area contributed by atoms with Gasteiger partial charge in [0.15, 0.2) is 0 Å². The molecule has 1 heterocycles. The van der Waals surface area contributed by atoms with Crippen molar-refractivity contribution in [2.45, 2.75) is 0 Å². The van der Waals surface area contributed by atoms with Crippen molar-refractivity contribution in [2.75, 3.05) is 107 Å². The van der Waals surface area contributed by atoms with Crippen LogP contribution in [0.5, 0.6) is 0 Å². The normalized spacial score (nSPS) is 31.5. The van der Waals surface area contributed by atoms with Crippen LogP contribution in [0.15, 0.2) is 0 Å². The zero-order chi connectivity index (χ0) is 25.7. The quantitative estimate of drug-likeness (QED) is 0.208. The summed E-state index contributed by atoms with van der Waals surface area (Å²) in [4.78, 5) is 37.5. The van der Waals surface area contributed by atoms with Gasteiger partial charge >= 0.3 is 0 Å². The van der Waals surface area contributed by atoms with E-state index < -0.39 is 60.5 Å². The molecule has 192 valence electrons. The summed E-state index contributed by atoms with van der Waals surface area (Å²) in [5.74, 6) is 0. The molecule has 0 aromatic rings. The number of nitrogens with one attached hydrogen (secondary N) is 4. The van der Waals surface area contributed by atoms with Crippen LogP contribution in [0.4, 0.5) is 0 Å². The lowest BCUT2D eigenvalue weighted by Crippen LogP contribution is -2.31. The summed E-state index contributed by atoms with van der Waals surface area (Å²) in [5, 5.41) is 0. The Morgan fingerprint density at radius 3 is 0.781 bits per heavy atom. The Bertz CT molecular complexity index is 466. The van der Waals surface area contributed by atoms with Gasteiger partial charge in [-0.2, -0.15) is 0 Å². The van der Waals surface area contributed by atoms with E-state index in [0.717, 1.165) is 0 Å². The molecule has 0 amide bonds. The smallest absolute Gasteiger partial charge is 0.215 e. The first-order chi connectivity index (χ1) is 13.7. The van der Waals surface area contributed by atoms with Gasteiger partial charge in [-0.3, -0.25) is 0 Å². The first-order valence-electron chi connectivity index (χ1n) is 10.5. The van der Waals surface area contributed by atoms with Gasteiger partial charge in [0.25, 0.3) is 0 Å². The molecule has 0 bridgehead atoms. The van der Waals surface area contributed by atoms with Crippen molar-refractivity contribution in [1.82, 2.24) is 19.4 Å². The molecule has 16 heteroatoms. The summed E-state index contributed by atoms with van der Waals surface area (Å²) in [6.45, 7) is 36.6. The number of hydrogen-bond acceptors (Lipinski definition) is 4. The molecule has 1 aliphatic heterocycles. The van der Waals surface area contributed by atoms with E-state index >= 15 is 0 Å². The van der Waals surface area contributed by atoms with Crippen molar-refractivity contribution in [2.24, 2.45) is 0 Å². The molecular weight excluding hydrogens is 552 g/mol. The van der Waals surface area contributed by atoms with Crippen LogP contribution in [0.1, 0.15) is 0 Å². The third kappa shape index (κ3) is 13.1. The van der Waals surface area contributed by atoms with Crippen LogP contribution in [-0.2, 0) is 0 Å². The molecule has 1 aliphatic rings. The van der Waals surface area contributed by atoms with E-state index in [1.54, 1.807) is 0 Å². The molecule has 4 N–H and O–H groups in total. The Morgan fingerprint density at radius 2 is 0.531 bits per heavy atom. The Balaban J connectivity index is 3.40. The molecule has 1 rings (SSSR count). The largest absolute Gasteiger partial charge is 0.317 e. The van der Waals surface area contributed by atoms with Crippen molar-refractivity contribution < 1.29 is 0 Å². The third-order valence-electron chi connectivity index (χ3n) is 3.75. The summed E-state index contributed by atoms with van der Waals surface area (Å²) in [6.07, 6.45) is 0. The van der Waals surface area contributed by atoms with Crippen LogP contribution in [0, 0.1) is 0 Å². The number of nitrogens with zero attached hydrogens (tertiary/aromatic N) is 4. The van der Waals surface area contributed by atoms with Crippen LogP contribution in [0.2, 0.25) is 0 Å². The van der Waals surface area contributed by atoms with Gasteiger partial charge in [-0.1, -0.05) is 24.8 Å². The second-order valence-electron chi connectivity index (χ2n) is 11.9. The molecule has 0 unspecified atom stereocenters. The van der Waals surface area contributed by atoms with Crippen molar-refractivity contribution in [1.29, 1.82) is 0 Å². The molecule has 0 saturated carbocycles. The van der Waals surface area contributed by atoms with E-state index in [4.69, 9.17) is 19.4 Å². The molecular formula is C16H52N8P8+4. The van der Waals surface area contributed by atoms with Gasteiger partial charge in [-0.05, 0) is 4.86 Å². The van der Waals surface area contributed by atoms with E-state index in [9.17, 15) is 0 Å². The van der Waals surface area contributed by atoms with E-state index in [-0.39, 0.29) is 0 Å². The predicted octanol–water partition coefficient (Wildman–Crippen LogP) is 8.71. The van der Waals surface area contributed by atoms with Crippen LogP contribution < -0.4 is 19.4 Å². The maximum absolute atomic E-state index is 5.40. The van der Waals surface area contributed by atoms with Crippen molar-refractivity contribution in [3.05, 3.63) is 19.4 Å². The zero-order valence-corrected chi connectivity index (χ0v) is 30.5. The molecule has 8 nitrogen and oxygen atoms in total. The molecule has 32 heavy (non-hydrogen) atoms. The van der Waals surface area contributed by atoms with E-state index in [1.807, 2.05) is 0 Å². The van der Waals surface area contributed by atoms with Crippen LogP contribution in [0.25, 0.3) is 19.4 Å². The predicted molar refractivity (Wildman–Crippen MR) is 176 cm³/mol. The summed E-state index contributed by atoms with van der Waals surface area (Å²) >= 11 is 0. The standard InChI is InChI=1S/C16H52N8P8/c1-25(2)17-26(3,4)19-28(7,8)21-30(11,12)23-32(15,16)24-31(13,14)22-29(9,10)20-27(5,6)18-25/h17-19,24H,1-16H3/q+4. The summed E-state index contributed by atoms with van der Waals surface area (Å²) in [7, 11) is -13.6. The van der Waals surface area contributed by atoms with Gasteiger partial charge in [-0.25, -0.2) is 0 Å². The van der Waals surface area contributed by atoms with Gasteiger partial charge < -0.3 is 19.4 Å². The highest BCUT2D eigenvalue weighted by Gasteiger charge is 2.49. The second kappa shape index (κ2) is 10.7. The van der Waals surface area contributed by atoms with Gasteiger partial charge in [0.1, 0.15) is 0 Å². The summed E-state index contributed by atoms with van der Waals surface area (Å²) in [6, 6.07) is 0. The molecule has 0 radical (unpaired) electrons. The maximum atomic E-state index is 5.40. The molecule has 0 aromatic heterocycles. The van der Waals surface area contributed by atoms with Crippen molar-refractivity contribution >= 4 is 60.5 Å². The third-order valence-corrected chi connectivity index (χ3v) is 33.7. The molecule has 0 spiro atoms. The average Bonchev–Trinajstić information content (AvgIpc) is 2.21. The average molecular weight is 604 g/mol. The Hall–Kier alpha value is 3.12. The Kier molecular flexibility index (Phi) is 11.1. The van der Waals surface area contributed by atoms with E-state index in [1.165, 1.54) is 0 Å². The molecule has 1 saturated heterocycles. The SMILES string of the molecule is C[P+]1(C)[N-][P+](C)(C)N[P+](C)(C)[N-][P+](C)(C)[N-][P+](C)(C)N[P+](C)(C)N[P+](C)(C)N[P+](C)(C)[N-]1. The van der Waals surface area contributed by atoms with Gasteiger partial charge in [0.2, 0.25) is 15.1 Å². The first kappa shape index (κ1) is 33.1. The lowest BCUT2D eigenvalue weighted by molar-refractivity contribution is 1.34. The minimum Gasteiger partial charge on any atom is -0.317 e. The fourth-order valence-corrected chi connectivity index (χ4v) is 46.1. The Morgan fingerprint density at radius 1 is 0.312 bits per heavy atom. The summed E-state index contributed by atoms with van der Waals surface area (Å²) < 4.78 is 0. The second-order valence-corrected chi connectivity index (χ2v) is 40.3. The highest BCUT2D eigenvalue weighted by atomic mass is 31.3. The highest BCUT2D eigenvalue weighted by Crippen LogP contribution is 2.90. The number of hydrogen-bond donors (Lipinski definition) is 4. The highest BCUT2D eigenvalue weighted by molar-refractivity contribution is 8.09. The van der Waals surface area contributed by atoms with Crippen LogP contribution in [0.3, 0.4) is 0 Å². The summed E-state index contributed by atoms with van der Waals surface area (Å²) in [5.41, 5.74) is 0. The van der Waals surface area contributed by atoms with E-state index in [0.29, 0.717) is 0 Å². The molecule has 0 aromatic carbocycles. The lowest BCUT2D eigenvalue weighted by atomic mass is 11.9. The monoisotopic (exact) mass is 604 g/mol. The minimum atomic E-state index is -1.80. The lowest BCUT2D eigenvalue weighted by Gasteiger charge is -2.50. The molecule has 0 aliphatic carbocycles. The van der Waals surface area contributed by atoms with Crippen LogP contribution in [-0.4, -0.2) is 107 Å². The van der Waals surface area contributed by atoms with Crippen molar-refractivity contribution in [3.8, 4) is 0 Å². The fourth-order valence-electron chi connectivity index (χ4n) is 4.80. The fraction of sp³-hybridized carbons (Fsp3) is 1.00. The number of rotatable bonds is 0. The van der Waals surface area contributed by atoms with Gasteiger partial charge in [-0.15, -0.1) is 4.86 Å². The Labute approximate surface area is 205 Å². The molecule has 0 atom stereocenters. The van der Waals surface area contributed by atoms with Crippen molar-refractivity contribution in [3.63, 3.8) is 0 Å². The molecule has 1 fully saturated rings.